The Labute approximate surface area is 108 Å². The summed E-state index contributed by atoms with van der Waals surface area (Å²) in [6.45, 7) is 0. The minimum Gasteiger partial charge on any atom is -0.446 e. The fraction of sp³-hybridized carbons (Fsp3) is 0. The number of hydrogen-bond donors (Lipinski definition) is 1. The van der Waals surface area contributed by atoms with Gasteiger partial charge < -0.3 is 9.72 Å². The van der Waals surface area contributed by atoms with Crippen molar-refractivity contribution in [2.45, 2.75) is 0 Å². The number of fused-ring (bicyclic) bond motifs is 5. The second-order valence-electron chi connectivity index (χ2n) is 3.81. The zero-order valence-corrected chi connectivity index (χ0v) is 11.1. The van der Waals surface area contributed by atoms with Crippen LogP contribution in [0.2, 0.25) is 0 Å². The molecule has 2 nitrogen and oxygen atoms in total. The zero-order valence-electron chi connectivity index (χ0n) is 7.97. The van der Waals surface area contributed by atoms with Crippen LogP contribution in [0.4, 0.5) is 0 Å². The van der Waals surface area contributed by atoms with Crippen molar-refractivity contribution >= 4 is 53.7 Å². The lowest BCUT2D eigenvalue weighted by Gasteiger charge is -1.94. The van der Waals surface area contributed by atoms with E-state index in [2.05, 4.69) is 49.0 Å². The van der Waals surface area contributed by atoms with E-state index < -0.39 is 0 Å². The van der Waals surface area contributed by atoms with Gasteiger partial charge in [0.25, 0.3) is 0 Å². The molecular formula is C12H5Br2NO. The first kappa shape index (κ1) is 9.07. The average Bonchev–Trinajstić information content (AvgIpc) is 3.00. The first-order valence-corrected chi connectivity index (χ1v) is 6.45. The topological polar surface area (TPSA) is 28.3 Å². The molecule has 3 aromatic rings. The summed E-state index contributed by atoms with van der Waals surface area (Å²) < 4.78 is 7.54. The van der Waals surface area contributed by atoms with E-state index in [9.17, 15) is 0 Å². The van der Waals surface area contributed by atoms with Gasteiger partial charge in [-0.25, -0.2) is 0 Å². The molecule has 0 radical (unpaired) electrons. The molecule has 2 aromatic carbocycles. The highest BCUT2D eigenvalue weighted by molar-refractivity contribution is 9.13. The molecule has 0 fully saturated rings. The molecule has 0 aliphatic carbocycles. The van der Waals surface area contributed by atoms with Crippen molar-refractivity contribution in [1.82, 2.24) is 4.98 Å². The van der Waals surface area contributed by atoms with Gasteiger partial charge in [-0.2, -0.15) is 0 Å². The summed E-state index contributed by atoms with van der Waals surface area (Å²) >= 11 is 7.16. The minimum atomic E-state index is 0.936. The van der Waals surface area contributed by atoms with Crippen LogP contribution in [0, 0.1) is 0 Å². The zero-order chi connectivity index (χ0) is 10.9. The highest BCUT2D eigenvalue weighted by Crippen LogP contribution is 2.59. The number of rotatable bonds is 0. The fourth-order valence-corrected chi connectivity index (χ4v) is 3.19. The van der Waals surface area contributed by atoms with E-state index in [0.717, 1.165) is 31.5 Å². The maximum atomic E-state index is 5.48. The molecule has 2 heterocycles. The molecule has 1 aliphatic rings. The van der Waals surface area contributed by atoms with Gasteiger partial charge in [0, 0.05) is 20.8 Å². The molecular weight excluding hydrogens is 334 g/mol. The molecule has 16 heavy (non-hydrogen) atoms. The van der Waals surface area contributed by atoms with Gasteiger partial charge in [-0.05, 0) is 37.9 Å². The van der Waals surface area contributed by atoms with Crippen molar-refractivity contribution in [3.8, 4) is 11.5 Å². The van der Waals surface area contributed by atoms with Crippen LogP contribution >= 0.6 is 31.9 Å². The van der Waals surface area contributed by atoms with E-state index in [4.69, 9.17) is 4.74 Å². The standard InChI is InChI=1S/C12H5Br2NO/c13-8-7-5-3-1-2-4-6(5)15-10(7)12-11(16-12)9(8)14/h1-4,15H. The first-order chi connectivity index (χ1) is 7.77. The fourth-order valence-electron chi connectivity index (χ4n) is 2.14. The van der Waals surface area contributed by atoms with Gasteiger partial charge in [-0.3, -0.25) is 0 Å². The number of H-pyrrole nitrogens is 1. The molecule has 1 aromatic heterocycles. The molecule has 0 atom stereocenters. The largest absolute Gasteiger partial charge is 0.446 e. The third-order valence-corrected chi connectivity index (χ3v) is 5.00. The van der Waals surface area contributed by atoms with Gasteiger partial charge in [-0.15, -0.1) is 0 Å². The van der Waals surface area contributed by atoms with Crippen LogP contribution in [0.1, 0.15) is 0 Å². The van der Waals surface area contributed by atoms with Gasteiger partial charge in [0.15, 0.2) is 11.5 Å². The Bertz CT molecular complexity index is 761. The van der Waals surface area contributed by atoms with Crippen LogP contribution < -0.4 is 4.74 Å². The van der Waals surface area contributed by atoms with Gasteiger partial charge in [-0.1, -0.05) is 18.2 Å². The van der Waals surface area contributed by atoms with E-state index in [1.807, 2.05) is 12.1 Å². The number of aromatic nitrogens is 1. The van der Waals surface area contributed by atoms with Crippen LogP contribution in [0.3, 0.4) is 0 Å². The summed E-state index contributed by atoms with van der Waals surface area (Å²) in [6.07, 6.45) is 0. The molecule has 0 saturated carbocycles. The highest BCUT2D eigenvalue weighted by Gasteiger charge is 2.32. The molecule has 1 aliphatic heterocycles. The lowest BCUT2D eigenvalue weighted by molar-refractivity contribution is 0.650. The van der Waals surface area contributed by atoms with E-state index in [1.54, 1.807) is 0 Å². The maximum absolute atomic E-state index is 5.48. The molecule has 0 amide bonds. The van der Waals surface area contributed by atoms with Crippen molar-refractivity contribution < 1.29 is 4.74 Å². The number of aromatic amines is 1. The van der Waals surface area contributed by atoms with Gasteiger partial charge in [0.05, 0.1) is 9.99 Å². The SMILES string of the molecule is Brc1c2c(c3[nH]c4ccccc4c3c1Br)O2. The predicted molar refractivity (Wildman–Crippen MR) is 71.3 cm³/mol. The smallest absolute Gasteiger partial charge is 0.195 e. The Morgan fingerprint density at radius 1 is 1.00 bits per heavy atom. The first-order valence-electron chi connectivity index (χ1n) is 4.86. The monoisotopic (exact) mass is 337 g/mol. The Hall–Kier alpha value is -1.000. The molecule has 4 rings (SSSR count). The number of ether oxygens (including phenoxy) is 1. The highest BCUT2D eigenvalue weighted by atomic mass is 79.9. The summed E-state index contributed by atoms with van der Waals surface area (Å²) in [5, 5.41) is 2.39. The second-order valence-corrected chi connectivity index (χ2v) is 5.39. The third-order valence-electron chi connectivity index (χ3n) is 2.91. The summed E-state index contributed by atoms with van der Waals surface area (Å²) in [4.78, 5) is 3.39. The lowest BCUT2D eigenvalue weighted by Crippen LogP contribution is -1.68. The van der Waals surface area contributed by atoms with Crippen LogP contribution in [-0.4, -0.2) is 4.98 Å². The van der Waals surface area contributed by atoms with Crippen molar-refractivity contribution in [2.24, 2.45) is 0 Å². The predicted octanol–water partition coefficient (Wildman–Crippen LogP) is 4.95. The van der Waals surface area contributed by atoms with E-state index in [0.29, 0.717) is 0 Å². The number of benzene rings is 2. The summed E-state index contributed by atoms with van der Waals surface area (Å²) in [6, 6.07) is 8.26. The minimum absolute atomic E-state index is 0.936. The molecule has 1 N–H and O–H groups in total. The van der Waals surface area contributed by atoms with Gasteiger partial charge >= 0.3 is 0 Å². The number of hydrogen-bond acceptors (Lipinski definition) is 1. The normalized spacial score (nSPS) is 12.9. The lowest BCUT2D eigenvalue weighted by atomic mass is 10.1. The van der Waals surface area contributed by atoms with E-state index >= 15 is 0 Å². The van der Waals surface area contributed by atoms with E-state index in [-0.39, 0.29) is 0 Å². The van der Waals surface area contributed by atoms with Crippen molar-refractivity contribution in [3.05, 3.63) is 33.2 Å². The Balaban J connectivity index is 2.36. The second kappa shape index (κ2) is 2.81. The molecule has 0 saturated heterocycles. The Morgan fingerprint density at radius 3 is 2.69 bits per heavy atom. The van der Waals surface area contributed by atoms with Gasteiger partial charge in [0.2, 0.25) is 0 Å². The maximum Gasteiger partial charge on any atom is 0.195 e. The number of para-hydroxylation sites is 1. The Kier molecular flexibility index (Phi) is 1.60. The molecule has 78 valence electrons. The summed E-state index contributed by atoms with van der Waals surface area (Å²) in [7, 11) is 0. The number of nitrogens with one attached hydrogen (secondary N) is 1. The summed E-state index contributed by atoms with van der Waals surface area (Å²) in [5.41, 5.74) is 2.21. The number of halogens is 2. The Morgan fingerprint density at radius 2 is 1.81 bits per heavy atom. The van der Waals surface area contributed by atoms with Crippen molar-refractivity contribution in [1.29, 1.82) is 0 Å². The van der Waals surface area contributed by atoms with E-state index in [1.165, 1.54) is 10.8 Å². The third kappa shape index (κ3) is 0.967. The molecule has 0 spiro atoms. The molecule has 0 unspecified atom stereocenters. The van der Waals surface area contributed by atoms with Crippen LogP contribution in [0.5, 0.6) is 11.5 Å². The van der Waals surface area contributed by atoms with Crippen LogP contribution in [0.25, 0.3) is 21.8 Å². The molecule has 0 bridgehead atoms. The van der Waals surface area contributed by atoms with Gasteiger partial charge in [0.1, 0.15) is 0 Å². The van der Waals surface area contributed by atoms with Crippen LogP contribution in [0.15, 0.2) is 33.2 Å². The quantitative estimate of drug-likeness (QED) is 0.451. The van der Waals surface area contributed by atoms with Crippen LogP contribution in [-0.2, 0) is 0 Å². The summed E-state index contributed by atoms with van der Waals surface area (Å²) in [5.74, 6) is 1.90. The molecule has 4 heteroatoms. The van der Waals surface area contributed by atoms with Crippen molar-refractivity contribution in [2.75, 3.05) is 0 Å². The average molecular weight is 339 g/mol. The van der Waals surface area contributed by atoms with Crippen molar-refractivity contribution in [3.63, 3.8) is 0 Å².